The van der Waals surface area contributed by atoms with Gasteiger partial charge in [-0.1, -0.05) is 61.9 Å². The zero-order chi connectivity index (χ0) is 13.6. The first-order valence-electron chi connectivity index (χ1n) is 7.66. The fourth-order valence-corrected chi connectivity index (χ4v) is 4.01. The maximum atomic E-state index is 5.57. The van der Waals surface area contributed by atoms with Crippen LogP contribution in [0.3, 0.4) is 0 Å². The summed E-state index contributed by atoms with van der Waals surface area (Å²) < 4.78 is 5.57. The molecule has 1 fully saturated rings. The minimum atomic E-state index is 0.170. The van der Waals surface area contributed by atoms with E-state index in [0.29, 0.717) is 6.10 Å². The Kier molecular flexibility index (Phi) is 2.71. The highest BCUT2D eigenvalue weighted by Gasteiger charge is 2.45. The Labute approximate surface area is 120 Å². The average molecular weight is 264 g/mol. The molecule has 1 aliphatic heterocycles. The summed E-state index contributed by atoms with van der Waals surface area (Å²) in [6, 6.07) is 17.9. The molecular weight excluding hydrogens is 244 g/mol. The molecule has 0 saturated carbocycles. The second-order valence-corrected chi connectivity index (χ2v) is 6.08. The Morgan fingerprint density at radius 3 is 2.05 bits per heavy atom. The molecule has 20 heavy (non-hydrogen) atoms. The molecule has 0 amide bonds. The summed E-state index contributed by atoms with van der Waals surface area (Å²) in [4.78, 5) is 0. The van der Waals surface area contributed by atoms with E-state index in [2.05, 4.69) is 55.5 Å². The topological polar surface area (TPSA) is 12.5 Å². The second kappa shape index (κ2) is 4.46. The van der Waals surface area contributed by atoms with E-state index >= 15 is 0 Å². The molecule has 2 aliphatic rings. The van der Waals surface area contributed by atoms with Crippen LogP contribution in [0.15, 0.2) is 48.5 Å². The van der Waals surface area contributed by atoms with Crippen molar-refractivity contribution >= 4 is 0 Å². The van der Waals surface area contributed by atoms with Crippen LogP contribution in [0.2, 0.25) is 0 Å². The lowest BCUT2D eigenvalue weighted by atomic mass is 9.71. The third kappa shape index (κ3) is 1.66. The Morgan fingerprint density at radius 1 is 1.00 bits per heavy atom. The first kappa shape index (κ1) is 12.2. The first-order chi connectivity index (χ1) is 9.85. The van der Waals surface area contributed by atoms with Crippen LogP contribution < -0.4 is 0 Å². The Bertz CT molecular complexity index is 594. The van der Waals surface area contributed by atoms with Crippen LogP contribution in [0.1, 0.15) is 37.3 Å². The van der Waals surface area contributed by atoms with Crippen molar-refractivity contribution in [2.45, 2.75) is 37.7 Å². The van der Waals surface area contributed by atoms with Gasteiger partial charge >= 0.3 is 0 Å². The van der Waals surface area contributed by atoms with Gasteiger partial charge in [-0.2, -0.15) is 0 Å². The lowest BCUT2D eigenvalue weighted by Gasteiger charge is -2.31. The fourth-order valence-electron chi connectivity index (χ4n) is 4.01. The van der Waals surface area contributed by atoms with Gasteiger partial charge in [-0.15, -0.1) is 0 Å². The summed E-state index contributed by atoms with van der Waals surface area (Å²) in [5.41, 5.74) is 6.05. The molecular formula is C19H20O. The van der Waals surface area contributed by atoms with Gasteiger partial charge in [0, 0.05) is 5.41 Å². The molecule has 1 heteroatoms. The van der Waals surface area contributed by atoms with Gasteiger partial charge in [-0.05, 0) is 35.1 Å². The predicted octanol–water partition coefficient (Wildman–Crippen LogP) is 4.54. The summed E-state index contributed by atoms with van der Waals surface area (Å²) in [5.74, 6) is 0. The molecule has 1 aliphatic carbocycles. The smallest absolute Gasteiger partial charge is 0.0821 e. The fraction of sp³-hybridized carbons (Fsp3) is 0.368. The quantitative estimate of drug-likeness (QED) is 0.738. The van der Waals surface area contributed by atoms with Crippen LogP contribution in [0.5, 0.6) is 0 Å². The average Bonchev–Trinajstić information content (AvgIpc) is 3.26. The molecule has 1 heterocycles. The molecule has 4 rings (SSSR count). The molecule has 0 bridgehead atoms. The molecule has 0 N–H and O–H groups in total. The van der Waals surface area contributed by atoms with Crippen molar-refractivity contribution in [2.75, 3.05) is 6.61 Å². The summed E-state index contributed by atoms with van der Waals surface area (Å²) in [7, 11) is 0. The lowest BCUT2D eigenvalue weighted by molar-refractivity contribution is 0.336. The first-order valence-corrected chi connectivity index (χ1v) is 7.66. The zero-order valence-electron chi connectivity index (χ0n) is 11.9. The second-order valence-electron chi connectivity index (χ2n) is 6.08. The van der Waals surface area contributed by atoms with Gasteiger partial charge in [-0.25, -0.2) is 0 Å². The summed E-state index contributed by atoms with van der Waals surface area (Å²) >= 11 is 0. The molecule has 2 aromatic rings. The number of hydrogen-bond donors (Lipinski definition) is 0. The number of hydrogen-bond acceptors (Lipinski definition) is 1. The van der Waals surface area contributed by atoms with E-state index < -0.39 is 0 Å². The molecule has 1 atom stereocenters. The SMILES string of the molecule is CCCC1(CC2CO2)c2ccccc2-c2ccccc21. The minimum absolute atomic E-state index is 0.170. The molecule has 0 spiro atoms. The number of rotatable bonds is 4. The number of fused-ring (bicyclic) bond motifs is 3. The van der Waals surface area contributed by atoms with Crippen molar-refractivity contribution in [3.63, 3.8) is 0 Å². The van der Waals surface area contributed by atoms with Crippen molar-refractivity contribution in [1.82, 2.24) is 0 Å². The van der Waals surface area contributed by atoms with Gasteiger partial charge in [-0.3, -0.25) is 0 Å². The molecule has 1 saturated heterocycles. The number of ether oxygens (including phenoxy) is 1. The highest BCUT2D eigenvalue weighted by atomic mass is 16.6. The van der Waals surface area contributed by atoms with E-state index in [1.54, 1.807) is 0 Å². The molecule has 0 aromatic heterocycles. The van der Waals surface area contributed by atoms with Crippen LogP contribution in [0.4, 0.5) is 0 Å². The van der Waals surface area contributed by atoms with E-state index in [9.17, 15) is 0 Å². The highest BCUT2D eigenvalue weighted by molar-refractivity contribution is 5.81. The summed E-state index contributed by atoms with van der Waals surface area (Å²) in [5, 5.41) is 0. The van der Waals surface area contributed by atoms with Gasteiger partial charge in [0.2, 0.25) is 0 Å². The van der Waals surface area contributed by atoms with Crippen LogP contribution in [-0.2, 0) is 10.2 Å². The van der Waals surface area contributed by atoms with Crippen molar-refractivity contribution < 1.29 is 4.74 Å². The third-order valence-corrected chi connectivity index (χ3v) is 4.83. The van der Waals surface area contributed by atoms with Crippen molar-refractivity contribution in [1.29, 1.82) is 0 Å². The van der Waals surface area contributed by atoms with Crippen LogP contribution in [0, 0.1) is 0 Å². The number of epoxide rings is 1. The van der Waals surface area contributed by atoms with Crippen LogP contribution in [-0.4, -0.2) is 12.7 Å². The molecule has 102 valence electrons. The maximum Gasteiger partial charge on any atom is 0.0821 e. The van der Waals surface area contributed by atoms with E-state index in [1.165, 1.54) is 35.1 Å². The maximum absolute atomic E-state index is 5.57. The van der Waals surface area contributed by atoms with E-state index in [-0.39, 0.29) is 5.41 Å². The molecule has 0 radical (unpaired) electrons. The van der Waals surface area contributed by atoms with Gasteiger partial charge in [0.05, 0.1) is 12.7 Å². The zero-order valence-corrected chi connectivity index (χ0v) is 11.9. The van der Waals surface area contributed by atoms with E-state index in [0.717, 1.165) is 13.0 Å². The van der Waals surface area contributed by atoms with Gasteiger partial charge in [0.15, 0.2) is 0 Å². The van der Waals surface area contributed by atoms with E-state index in [4.69, 9.17) is 4.74 Å². The predicted molar refractivity (Wildman–Crippen MR) is 81.9 cm³/mol. The Balaban J connectivity index is 1.95. The minimum Gasteiger partial charge on any atom is -0.373 e. The monoisotopic (exact) mass is 264 g/mol. The van der Waals surface area contributed by atoms with Crippen molar-refractivity contribution in [2.24, 2.45) is 0 Å². The normalized spacial score (nSPS) is 21.4. The van der Waals surface area contributed by atoms with Crippen LogP contribution in [0.25, 0.3) is 11.1 Å². The van der Waals surface area contributed by atoms with Crippen molar-refractivity contribution in [3.05, 3.63) is 59.7 Å². The molecule has 2 aromatic carbocycles. The highest BCUT2D eigenvalue weighted by Crippen LogP contribution is 2.54. The summed E-state index contributed by atoms with van der Waals surface area (Å²) in [6.07, 6.45) is 4.01. The Hall–Kier alpha value is -1.60. The Morgan fingerprint density at radius 2 is 1.55 bits per heavy atom. The van der Waals surface area contributed by atoms with Crippen LogP contribution >= 0.6 is 0 Å². The largest absolute Gasteiger partial charge is 0.373 e. The molecule has 1 unspecified atom stereocenters. The standard InChI is InChI=1S/C19H20O/c1-2-11-19(12-14-13-20-14)17-9-5-3-7-15(17)16-8-4-6-10-18(16)19/h3-10,14H,2,11-13H2,1H3. The molecule has 1 nitrogen and oxygen atoms in total. The summed E-state index contributed by atoms with van der Waals surface area (Å²) in [6.45, 7) is 3.23. The third-order valence-electron chi connectivity index (χ3n) is 4.83. The van der Waals surface area contributed by atoms with Gasteiger partial charge in [0.25, 0.3) is 0 Å². The van der Waals surface area contributed by atoms with Gasteiger partial charge < -0.3 is 4.74 Å². The van der Waals surface area contributed by atoms with Crippen molar-refractivity contribution in [3.8, 4) is 11.1 Å². The van der Waals surface area contributed by atoms with Gasteiger partial charge in [0.1, 0.15) is 0 Å². The van der Waals surface area contributed by atoms with E-state index in [1.807, 2.05) is 0 Å². The number of benzene rings is 2. The lowest BCUT2D eigenvalue weighted by Crippen LogP contribution is -2.27.